The van der Waals surface area contributed by atoms with Crippen molar-refractivity contribution >= 4 is 26.5 Å². The molecule has 2 N–H and O–H groups in total. The van der Waals surface area contributed by atoms with Crippen molar-refractivity contribution in [1.29, 1.82) is 0 Å². The van der Waals surface area contributed by atoms with Crippen LogP contribution in [0, 0.1) is 0 Å². The van der Waals surface area contributed by atoms with Gasteiger partial charge < -0.3 is 4.79 Å². The van der Waals surface area contributed by atoms with E-state index >= 15 is 0 Å². The molecule has 0 aromatic heterocycles. The molecule has 0 heterocycles. The number of carbonyl (C=O) groups excluding carboxylic acids is 1. The lowest BCUT2D eigenvalue weighted by atomic mass is 10.1. The normalized spacial score (nSPS) is 13.2. The summed E-state index contributed by atoms with van der Waals surface area (Å²) in [6, 6.07) is 6.25. The van der Waals surface area contributed by atoms with E-state index in [4.69, 9.17) is 9.11 Å². The van der Waals surface area contributed by atoms with Crippen LogP contribution < -0.4 is 0 Å². The number of carbonyl (C=O) groups is 1. The lowest BCUT2D eigenvalue weighted by molar-refractivity contribution is -0.108. The van der Waals surface area contributed by atoms with Crippen LogP contribution in [-0.4, -0.2) is 32.2 Å². The number of hydrogen-bond donors (Lipinski definition) is 2. The van der Waals surface area contributed by atoms with Crippen molar-refractivity contribution in [3.63, 3.8) is 0 Å². The van der Waals surface area contributed by atoms with Crippen LogP contribution in [0.25, 0.3) is 0 Å². The molecule has 0 aliphatic heterocycles. The maximum Gasteiger partial charge on any atom is 0.292 e. The molecule has 100 valence electrons. The van der Waals surface area contributed by atoms with Crippen LogP contribution in [0.5, 0.6) is 0 Å². The Kier molecular flexibility index (Phi) is 3.91. The van der Waals surface area contributed by atoms with E-state index < -0.39 is 36.3 Å². The molecule has 18 heavy (non-hydrogen) atoms. The number of rotatable bonds is 5. The Balaban J connectivity index is 3.78. The molecule has 0 aliphatic carbocycles. The van der Waals surface area contributed by atoms with Crippen LogP contribution in [0.2, 0.25) is 0 Å². The van der Waals surface area contributed by atoms with Gasteiger partial charge >= 0.3 is 0 Å². The molecule has 0 fully saturated rings. The van der Waals surface area contributed by atoms with E-state index in [9.17, 15) is 21.6 Å². The predicted octanol–water partition coefficient (Wildman–Crippen LogP) is 0.204. The molecule has 0 amide bonds. The van der Waals surface area contributed by atoms with E-state index in [1.807, 2.05) is 0 Å². The van der Waals surface area contributed by atoms with Crippen LogP contribution in [-0.2, 0) is 29.1 Å². The van der Waals surface area contributed by atoms with Gasteiger partial charge in [0.2, 0.25) is 0 Å². The third-order valence-electron chi connectivity index (χ3n) is 2.40. The van der Waals surface area contributed by atoms with Crippen molar-refractivity contribution in [3.05, 3.63) is 35.9 Å². The van der Waals surface area contributed by atoms with Crippen molar-refractivity contribution in [2.45, 2.75) is 10.5 Å². The molecule has 1 aromatic carbocycles. The van der Waals surface area contributed by atoms with Crippen LogP contribution in [0.4, 0.5) is 0 Å². The highest BCUT2D eigenvalue weighted by atomic mass is 32.3. The van der Waals surface area contributed by atoms with Gasteiger partial charge in [-0.3, -0.25) is 9.11 Å². The second kappa shape index (κ2) is 4.76. The maximum absolute atomic E-state index is 11.3. The van der Waals surface area contributed by atoms with Gasteiger partial charge in [-0.05, 0) is 5.56 Å². The largest absolute Gasteiger partial charge is 0.303 e. The summed E-state index contributed by atoms with van der Waals surface area (Å²) in [5.74, 6) is 0. The molecular formula is C9H10O7S2. The minimum atomic E-state index is -5.27. The average Bonchev–Trinajstić information content (AvgIpc) is 2.23. The molecule has 0 radical (unpaired) electrons. The van der Waals surface area contributed by atoms with Gasteiger partial charge in [-0.2, -0.15) is 16.8 Å². The Hall–Kier alpha value is -1.29. The summed E-state index contributed by atoms with van der Waals surface area (Å²) in [5, 5.41) is 0. The van der Waals surface area contributed by atoms with E-state index in [0.717, 1.165) is 12.1 Å². The zero-order chi connectivity index (χ0) is 14.0. The second-order valence-corrected chi connectivity index (χ2v) is 6.99. The Bertz CT molecular complexity index is 599. The zero-order valence-electron chi connectivity index (χ0n) is 8.92. The molecule has 0 spiro atoms. The molecule has 0 bridgehead atoms. The fourth-order valence-corrected chi connectivity index (χ4v) is 4.05. The fraction of sp³-hybridized carbons (Fsp3) is 0.222. The first-order valence-corrected chi connectivity index (χ1v) is 7.48. The fourth-order valence-electron chi connectivity index (χ4n) is 1.56. The summed E-state index contributed by atoms with van der Waals surface area (Å²) in [5.41, 5.74) is -0.415. The van der Waals surface area contributed by atoms with Gasteiger partial charge in [-0.25, -0.2) is 0 Å². The standard InChI is InChI=1S/C9H10O7S2/c10-7-6-9(17(11,12)13,18(14,15)16)8-4-2-1-3-5-8/h1-5,7H,6H2,(H,11,12,13)(H,14,15,16). The molecule has 7 nitrogen and oxygen atoms in total. The third-order valence-corrected chi connectivity index (χ3v) is 6.13. The smallest absolute Gasteiger partial charge is 0.292 e. The van der Waals surface area contributed by atoms with Crippen LogP contribution in [0.1, 0.15) is 12.0 Å². The van der Waals surface area contributed by atoms with Crippen molar-refractivity contribution in [3.8, 4) is 0 Å². The SMILES string of the molecule is O=CCC(c1ccccc1)(S(=O)(=O)O)S(=O)(=O)O. The Morgan fingerprint density at radius 1 is 1.00 bits per heavy atom. The van der Waals surface area contributed by atoms with E-state index in [0.29, 0.717) is 0 Å². The highest BCUT2D eigenvalue weighted by molar-refractivity contribution is 8.04. The molecule has 1 aromatic rings. The van der Waals surface area contributed by atoms with Crippen LogP contribution in [0.15, 0.2) is 30.3 Å². The molecule has 1 rings (SSSR count). The van der Waals surface area contributed by atoms with Gasteiger partial charge in [0.15, 0.2) is 0 Å². The van der Waals surface area contributed by atoms with Crippen molar-refractivity contribution in [2.24, 2.45) is 0 Å². The average molecular weight is 294 g/mol. The van der Waals surface area contributed by atoms with Gasteiger partial charge in [0.25, 0.3) is 24.3 Å². The summed E-state index contributed by atoms with van der Waals surface area (Å²) in [6.45, 7) is 0. The Labute approximate surface area is 104 Å². The first-order valence-electron chi connectivity index (χ1n) is 4.60. The van der Waals surface area contributed by atoms with Gasteiger partial charge in [0, 0.05) is 6.42 Å². The summed E-state index contributed by atoms with van der Waals surface area (Å²) in [4.78, 5) is 10.5. The molecule has 0 saturated heterocycles. The van der Waals surface area contributed by atoms with E-state index in [1.165, 1.54) is 18.2 Å². The number of aldehydes is 1. The van der Waals surface area contributed by atoms with Gasteiger partial charge in [0.1, 0.15) is 6.29 Å². The molecule has 9 heteroatoms. The van der Waals surface area contributed by atoms with Gasteiger partial charge in [-0.15, -0.1) is 0 Å². The zero-order valence-corrected chi connectivity index (χ0v) is 10.6. The van der Waals surface area contributed by atoms with E-state index in [1.54, 1.807) is 0 Å². The summed E-state index contributed by atoms with van der Waals surface area (Å²) in [7, 11) is -10.5. The summed E-state index contributed by atoms with van der Waals surface area (Å²) in [6.07, 6.45) is -1.12. The van der Waals surface area contributed by atoms with Crippen molar-refractivity contribution in [1.82, 2.24) is 0 Å². The van der Waals surface area contributed by atoms with E-state index in [2.05, 4.69) is 0 Å². The van der Waals surface area contributed by atoms with Gasteiger partial charge in [-0.1, -0.05) is 30.3 Å². The monoisotopic (exact) mass is 294 g/mol. The lowest BCUT2D eigenvalue weighted by Gasteiger charge is -2.25. The Morgan fingerprint density at radius 2 is 1.44 bits per heavy atom. The molecule has 0 atom stereocenters. The number of hydrogen-bond acceptors (Lipinski definition) is 5. The number of benzene rings is 1. The first kappa shape index (κ1) is 14.8. The molecule has 0 unspecified atom stereocenters. The molecule has 0 aliphatic rings. The van der Waals surface area contributed by atoms with Crippen molar-refractivity contribution < 1.29 is 30.7 Å². The highest BCUT2D eigenvalue weighted by Crippen LogP contribution is 2.37. The minimum Gasteiger partial charge on any atom is -0.303 e. The third kappa shape index (κ3) is 2.29. The van der Waals surface area contributed by atoms with Crippen molar-refractivity contribution in [2.75, 3.05) is 0 Å². The predicted molar refractivity (Wildman–Crippen MR) is 61.9 cm³/mol. The maximum atomic E-state index is 11.3. The molecule has 0 saturated carbocycles. The lowest BCUT2D eigenvalue weighted by Crippen LogP contribution is -2.43. The minimum absolute atomic E-state index is 0.00542. The topological polar surface area (TPSA) is 126 Å². The van der Waals surface area contributed by atoms with Crippen LogP contribution in [0.3, 0.4) is 0 Å². The van der Waals surface area contributed by atoms with Gasteiger partial charge in [0.05, 0.1) is 0 Å². The summed E-state index contributed by atoms with van der Waals surface area (Å²) >= 11 is 0. The van der Waals surface area contributed by atoms with Crippen LogP contribution >= 0.6 is 0 Å². The second-order valence-electron chi connectivity index (χ2n) is 3.44. The quantitative estimate of drug-likeness (QED) is 0.587. The summed E-state index contributed by atoms with van der Waals surface area (Å²) < 4.78 is 60.5. The van der Waals surface area contributed by atoms with E-state index in [-0.39, 0.29) is 6.29 Å². The highest BCUT2D eigenvalue weighted by Gasteiger charge is 2.55. The first-order chi connectivity index (χ1) is 8.17. The Morgan fingerprint density at radius 3 is 1.78 bits per heavy atom. The molecular weight excluding hydrogens is 284 g/mol.